The molecular weight excluding hydrogens is 435 g/mol. The van der Waals surface area contributed by atoms with Crippen molar-refractivity contribution in [1.82, 2.24) is 0 Å². The lowest BCUT2D eigenvalue weighted by Crippen LogP contribution is -2.30. The Kier molecular flexibility index (Phi) is 7.10. The largest absolute Gasteiger partial charge is 0.573 e. The van der Waals surface area contributed by atoms with Crippen LogP contribution in [-0.2, 0) is 0 Å². The minimum Gasteiger partial charge on any atom is -0.403 e. The van der Waals surface area contributed by atoms with Gasteiger partial charge in [0.2, 0.25) is 0 Å². The fourth-order valence-electron chi connectivity index (χ4n) is 5.80. The van der Waals surface area contributed by atoms with Gasteiger partial charge in [0.15, 0.2) is 11.6 Å². The first-order chi connectivity index (χ1) is 15.7. The molecule has 0 saturated heterocycles. The SMILES string of the molecule is C=CCCC1CCC2CC(c3ccc(-c4ccc(OC(F)(F)F)c(F)c4)c(F)c3)CCC2C1. The standard InChI is InChI=1S/C27H29F5O/c1-2-3-4-17-5-6-19-14-20(8-7-18(19)13-17)21-9-11-23(24(28)15-21)22-10-12-26(25(29)16-22)33-27(30,31)32/h2,9-12,15-20H,1,3-8,13-14H2. The number of fused-ring (bicyclic) bond motifs is 1. The molecule has 2 saturated carbocycles. The molecule has 1 nitrogen and oxygen atoms in total. The number of allylic oxidation sites excluding steroid dienone is 1. The number of hydrogen-bond acceptors (Lipinski definition) is 1. The molecule has 0 radical (unpaired) electrons. The van der Waals surface area contributed by atoms with Crippen molar-refractivity contribution in [3.8, 4) is 16.9 Å². The van der Waals surface area contributed by atoms with E-state index in [1.54, 1.807) is 6.07 Å². The summed E-state index contributed by atoms with van der Waals surface area (Å²) in [5.41, 5.74) is 1.28. The van der Waals surface area contributed by atoms with E-state index in [4.69, 9.17) is 0 Å². The highest BCUT2D eigenvalue weighted by molar-refractivity contribution is 5.65. The molecule has 2 aromatic rings. The van der Waals surface area contributed by atoms with E-state index in [0.717, 1.165) is 55.2 Å². The van der Waals surface area contributed by atoms with Gasteiger partial charge in [-0.25, -0.2) is 8.78 Å². The zero-order valence-electron chi connectivity index (χ0n) is 18.5. The van der Waals surface area contributed by atoms with Gasteiger partial charge in [0.25, 0.3) is 0 Å². The molecule has 178 valence electrons. The van der Waals surface area contributed by atoms with Gasteiger partial charge in [0.1, 0.15) is 5.82 Å². The molecule has 2 aromatic carbocycles. The Morgan fingerprint density at radius 2 is 1.67 bits per heavy atom. The molecule has 2 fully saturated rings. The zero-order chi connectivity index (χ0) is 23.6. The van der Waals surface area contributed by atoms with Crippen LogP contribution in [0.2, 0.25) is 0 Å². The Hall–Kier alpha value is -2.37. The molecular formula is C27H29F5O. The van der Waals surface area contributed by atoms with Crippen molar-refractivity contribution in [2.75, 3.05) is 0 Å². The Balaban J connectivity index is 1.43. The number of halogens is 5. The van der Waals surface area contributed by atoms with Crippen molar-refractivity contribution in [3.63, 3.8) is 0 Å². The van der Waals surface area contributed by atoms with Crippen molar-refractivity contribution >= 4 is 0 Å². The number of hydrogen-bond donors (Lipinski definition) is 0. The number of benzene rings is 2. The zero-order valence-corrected chi connectivity index (χ0v) is 18.5. The van der Waals surface area contributed by atoms with Crippen molar-refractivity contribution in [1.29, 1.82) is 0 Å². The summed E-state index contributed by atoms with van der Waals surface area (Å²) in [6.45, 7) is 3.83. The third-order valence-corrected chi connectivity index (χ3v) is 7.43. The van der Waals surface area contributed by atoms with Gasteiger partial charge in [-0.15, -0.1) is 19.8 Å². The molecule has 4 rings (SSSR count). The van der Waals surface area contributed by atoms with Crippen LogP contribution in [-0.4, -0.2) is 6.36 Å². The fraction of sp³-hybridized carbons (Fsp3) is 0.481. The van der Waals surface area contributed by atoms with E-state index < -0.39 is 23.7 Å². The lowest BCUT2D eigenvalue weighted by Gasteiger charge is -2.42. The van der Waals surface area contributed by atoms with Crippen LogP contribution < -0.4 is 4.74 Å². The molecule has 0 N–H and O–H groups in total. The van der Waals surface area contributed by atoms with Crippen LogP contribution >= 0.6 is 0 Å². The third kappa shape index (κ3) is 5.77. The number of rotatable bonds is 6. The second-order valence-electron chi connectivity index (χ2n) is 9.51. The second-order valence-corrected chi connectivity index (χ2v) is 9.51. The Morgan fingerprint density at radius 1 is 0.909 bits per heavy atom. The summed E-state index contributed by atoms with van der Waals surface area (Å²) in [6.07, 6.45) is 6.36. The van der Waals surface area contributed by atoms with E-state index >= 15 is 0 Å². The highest BCUT2D eigenvalue weighted by atomic mass is 19.4. The average Bonchev–Trinajstić information content (AvgIpc) is 2.77. The van der Waals surface area contributed by atoms with Gasteiger partial charge in [-0.3, -0.25) is 0 Å². The van der Waals surface area contributed by atoms with Gasteiger partial charge in [0, 0.05) is 5.56 Å². The summed E-state index contributed by atoms with van der Waals surface area (Å²) in [7, 11) is 0. The summed E-state index contributed by atoms with van der Waals surface area (Å²) < 4.78 is 69.7. The van der Waals surface area contributed by atoms with Crippen LogP contribution in [0.4, 0.5) is 22.0 Å². The van der Waals surface area contributed by atoms with Crippen LogP contribution in [0.5, 0.6) is 5.75 Å². The van der Waals surface area contributed by atoms with E-state index in [-0.39, 0.29) is 11.1 Å². The van der Waals surface area contributed by atoms with Crippen molar-refractivity contribution < 1.29 is 26.7 Å². The second kappa shape index (κ2) is 9.86. The van der Waals surface area contributed by atoms with Gasteiger partial charge in [-0.1, -0.05) is 30.7 Å². The smallest absolute Gasteiger partial charge is 0.403 e. The summed E-state index contributed by atoms with van der Waals surface area (Å²) in [4.78, 5) is 0. The van der Waals surface area contributed by atoms with Crippen molar-refractivity contribution in [2.24, 2.45) is 17.8 Å². The molecule has 4 atom stereocenters. The predicted molar refractivity (Wildman–Crippen MR) is 119 cm³/mol. The fourth-order valence-corrected chi connectivity index (χ4v) is 5.80. The van der Waals surface area contributed by atoms with E-state index in [1.165, 1.54) is 37.8 Å². The first kappa shape index (κ1) is 23.8. The monoisotopic (exact) mass is 464 g/mol. The van der Waals surface area contributed by atoms with Crippen molar-refractivity contribution in [3.05, 3.63) is 66.3 Å². The van der Waals surface area contributed by atoms with Crippen LogP contribution in [0.25, 0.3) is 11.1 Å². The lowest BCUT2D eigenvalue weighted by molar-refractivity contribution is -0.275. The molecule has 0 aromatic heterocycles. The van der Waals surface area contributed by atoms with Crippen LogP contribution in [0.3, 0.4) is 0 Å². The van der Waals surface area contributed by atoms with Gasteiger partial charge in [-0.2, -0.15) is 0 Å². The van der Waals surface area contributed by atoms with Gasteiger partial charge in [0.05, 0.1) is 0 Å². The summed E-state index contributed by atoms with van der Waals surface area (Å²) in [5, 5.41) is 0. The molecule has 0 heterocycles. The minimum absolute atomic E-state index is 0.160. The van der Waals surface area contributed by atoms with E-state index in [2.05, 4.69) is 11.3 Å². The van der Waals surface area contributed by atoms with E-state index in [0.29, 0.717) is 11.8 Å². The normalized spacial score (nSPS) is 25.4. The van der Waals surface area contributed by atoms with Crippen LogP contribution in [0.15, 0.2) is 49.1 Å². The molecule has 0 spiro atoms. The molecule has 0 bridgehead atoms. The third-order valence-electron chi connectivity index (χ3n) is 7.43. The highest BCUT2D eigenvalue weighted by Gasteiger charge is 2.36. The summed E-state index contributed by atoms with van der Waals surface area (Å²) in [6, 6.07) is 7.96. The van der Waals surface area contributed by atoms with Crippen LogP contribution in [0, 0.1) is 29.4 Å². The topological polar surface area (TPSA) is 9.23 Å². The average molecular weight is 465 g/mol. The van der Waals surface area contributed by atoms with E-state index in [1.807, 2.05) is 12.1 Å². The number of ether oxygens (including phenoxy) is 1. The maximum Gasteiger partial charge on any atom is 0.573 e. The van der Waals surface area contributed by atoms with Gasteiger partial charge in [-0.05, 0) is 97.9 Å². The molecule has 0 amide bonds. The number of alkyl halides is 3. The van der Waals surface area contributed by atoms with Gasteiger partial charge < -0.3 is 4.74 Å². The van der Waals surface area contributed by atoms with E-state index in [9.17, 15) is 22.0 Å². The van der Waals surface area contributed by atoms with Crippen LogP contribution in [0.1, 0.15) is 62.8 Å². The maximum atomic E-state index is 15.0. The highest BCUT2D eigenvalue weighted by Crippen LogP contribution is 2.48. The Bertz CT molecular complexity index is 983. The lowest BCUT2D eigenvalue weighted by atomic mass is 9.63. The molecule has 4 unspecified atom stereocenters. The molecule has 0 aliphatic heterocycles. The summed E-state index contributed by atoms with van der Waals surface area (Å²) >= 11 is 0. The predicted octanol–water partition coefficient (Wildman–Crippen LogP) is 8.80. The Morgan fingerprint density at radius 3 is 2.36 bits per heavy atom. The maximum absolute atomic E-state index is 15.0. The first-order valence-electron chi connectivity index (χ1n) is 11.7. The van der Waals surface area contributed by atoms with Gasteiger partial charge >= 0.3 is 6.36 Å². The minimum atomic E-state index is -4.99. The molecule has 33 heavy (non-hydrogen) atoms. The molecule has 6 heteroatoms. The molecule has 2 aliphatic rings. The summed E-state index contributed by atoms with van der Waals surface area (Å²) in [5.74, 6) is -0.0676. The molecule has 2 aliphatic carbocycles. The Labute approximate surface area is 191 Å². The quantitative estimate of drug-likeness (QED) is 0.307. The first-order valence-corrected chi connectivity index (χ1v) is 11.7. The van der Waals surface area contributed by atoms with Crippen molar-refractivity contribution in [2.45, 2.75) is 63.6 Å².